The number of morpholine rings is 1. The Morgan fingerprint density at radius 2 is 1.85 bits per heavy atom. The fourth-order valence-electron chi connectivity index (χ4n) is 4.35. The van der Waals surface area contributed by atoms with Crippen LogP contribution in [-0.4, -0.2) is 61.4 Å². The third-order valence-corrected chi connectivity index (χ3v) is 5.85. The summed E-state index contributed by atoms with van der Waals surface area (Å²) in [7, 11) is 0. The zero-order valence-corrected chi connectivity index (χ0v) is 20.3. The summed E-state index contributed by atoms with van der Waals surface area (Å²) in [6.07, 6.45) is 2.01. The van der Waals surface area contributed by atoms with Gasteiger partial charge in [-0.3, -0.25) is 9.59 Å². The molecule has 8 nitrogen and oxygen atoms in total. The molecule has 0 saturated carbocycles. The van der Waals surface area contributed by atoms with Gasteiger partial charge in [0, 0.05) is 37.4 Å². The second kappa shape index (κ2) is 10.5. The summed E-state index contributed by atoms with van der Waals surface area (Å²) in [6, 6.07) is 8.32. The van der Waals surface area contributed by atoms with Crippen LogP contribution in [0.15, 0.2) is 24.3 Å². The van der Waals surface area contributed by atoms with Crippen LogP contribution in [0, 0.1) is 0 Å². The average molecular weight is 461 g/mol. The molecule has 2 aliphatic rings. The number of anilines is 2. The molecule has 0 radical (unpaired) electrons. The van der Waals surface area contributed by atoms with Crippen LogP contribution in [0.3, 0.4) is 0 Å². The van der Waals surface area contributed by atoms with Crippen LogP contribution in [0.4, 0.5) is 11.4 Å². The van der Waals surface area contributed by atoms with Crippen LogP contribution in [0.1, 0.15) is 60.3 Å². The number of ether oxygens (including phenoxy) is 3. The molecule has 182 valence electrons. The highest BCUT2D eigenvalue weighted by atomic mass is 16.6. The van der Waals surface area contributed by atoms with Gasteiger partial charge in [-0.2, -0.15) is 0 Å². The molecule has 0 aromatic heterocycles. The fraction of sp³-hybridized carbons (Fsp3) is 0.640. The predicted octanol–water partition coefficient (Wildman–Crippen LogP) is 3.46. The second-order valence-electron chi connectivity index (χ2n) is 9.76. The number of carbonyl (C=O) groups excluding carboxylic acids is 3. The Morgan fingerprint density at radius 1 is 1.12 bits per heavy atom. The molecule has 1 aromatic rings. The molecule has 3 atom stereocenters. The van der Waals surface area contributed by atoms with Crippen LogP contribution in [0.5, 0.6) is 0 Å². The lowest BCUT2D eigenvalue weighted by molar-refractivity contribution is -0.188. The van der Waals surface area contributed by atoms with Gasteiger partial charge in [0.25, 0.3) is 5.91 Å². The minimum atomic E-state index is -1.47. The van der Waals surface area contributed by atoms with Gasteiger partial charge in [0.15, 0.2) is 6.10 Å². The van der Waals surface area contributed by atoms with E-state index in [9.17, 15) is 14.4 Å². The van der Waals surface area contributed by atoms with Crippen molar-refractivity contribution in [2.24, 2.45) is 0 Å². The van der Waals surface area contributed by atoms with E-state index < -0.39 is 35.7 Å². The summed E-state index contributed by atoms with van der Waals surface area (Å²) < 4.78 is 16.2. The van der Waals surface area contributed by atoms with E-state index in [2.05, 4.69) is 17.9 Å². The highest BCUT2D eigenvalue weighted by Crippen LogP contribution is 2.30. The van der Waals surface area contributed by atoms with E-state index in [-0.39, 0.29) is 6.61 Å². The Bertz CT molecular complexity index is 865. The van der Waals surface area contributed by atoms with Crippen molar-refractivity contribution < 1.29 is 28.6 Å². The zero-order valence-electron chi connectivity index (χ0n) is 20.3. The van der Waals surface area contributed by atoms with Gasteiger partial charge in [0.1, 0.15) is 5.60 Å². The molecule has 0 unspecified atom stereocenters. The maximum Gasteiger partial charge on any atom is 0.351 e. The van der Waals surface area contributed by atoms with Crippen molar-refractivity contribution >= 4 is 29.2 Å². The van der Waals surface area contributed by atoms with Gasteiger partial charge in [-0.1, -0.05) is 18.9 Å². The maximum absolute atomic E-state index is 13.4. The molecule has 33 heavy (non-hydrogen) atoms. The molecular weight excluding hydrogens is 424 g/mol. The molecule has 2 fully saturated rings. The Labute approximate surface area is 196 Å². The number of hydrogen-bond donors (Lipinski definition) is 0. The molecule has 2 aliphatic heterocycles. The first-order valence-corrected chi connectivity index (χ1v) is 11.8. The topological polar surface area (TPSA) is 85.4 Å². The van der Waals surface area contributed by atoms with Gasteiger partial charge in [0.05, 0.1) is 6.61 Å². The number of benzene rings is 1. The summed E-state index contributed by atoms with van der Waals surface area (Å²) in [5.74, 6) is -1.92. The molecule has 0 spiro atoms. The average Bonchev–Trinajstić information content (AvgIpc) is 2.95. The Balaban J connectivity index is 1.84. The first kappa shape index (κ1) is 25.0. The van der Waals surface area contributed by atoms with E-state index in [1.54, 1.807) is 25.7 Å². The lowest BCUT2D eigenvalue weighted by Gasteiger charge is -2.36. The van der Waals surface area contributed by atoms with E-state index in [0.717, 1.165) is 30.8 Å². The highest BCUT2D eigenvalue weighted by Gasteiger charge is 2.44. The van der Waals surface area contributed by atoms with Crippen molar-refractivity contribution in [1.29, 1.82) is 0 Å². The van der Waals surface area contributed by atoms with E-state index in [1.807, 2.05) is 18.2 Å². The quantitative estimate of drug-likeness (QED) is 0.622. The van der Waals surface area contributed by atoms with Crippen molar-refractivity contribution in [3.8, 4) is 0 Å². The fourth-order valence-corrected chi connectivity index (χ4v) is 4.35. The number of rotatable bonds is 5. The van der Waals surface area contributed by atoms with E-state index in [4.69, 9.17) is 14.2 Å². The summed E-state index contributed by atoms with van der Waals surface area (Å²) in [6.45, 7) is 10.1. The van der Waals surface area contributed by atoms with Gasteiger partial charge >= 0.3 is 11.9 Å². The van der Waals surface area contributed by atoms with Gasteiger partial charge in [-0.05, 0) is 58.7 Å². The lowest BCUT2D eigenvalue weighted by Crippen LogP contribution is -2.56. The lowest BCUT2D eigenvalue weighted by atomic mass is 10.1. The molecule has 2 heterocycles. The van der Waals surface area contributed by atoms with Crippen LogP contribution < -0.4 is 9.80 Å². The van der Waals surface area contributed by atoms with Gasteiger partial charge < -0.3 is 24.0 Å². The molecule has 2 saturated heterocycles. The van der Waals surface area contributed by atoms with Crippen LogP contribution in [-0.2, 0) is 28.6 Å². The van der Waals surface area contributed by atoms with Crippen LogP contribution in [0.2, 0.25) is 0 Å². The first-order chi connectivity index (χ1) is 15.6. The largest absolute Gasteiger partial charge is 0.457 e. The van der Waals surface area contributed by atoms with E-state index >= 15 is 0 Å². The van der Waals surface area contributed by atoms with Crippen LogP contribution >= 0.6 is 0 Å². The summed E-state index contributed by atoms with van der Waals surface area (Å²) in [5.41, 5.74) is 1.000. The standard InChI is InChI=1S/C25H36N2O6/c1-17-10-7-6-8-13-26(17)19-11-9-12-20(16-19)27-14-15-31-21(23(27)29)22(32-18(2)28)24(30)33-25(3,4)5/h9,11-12,16-17,21-22H,6-8,10,13-15H2,1-5H3/t17-,21+,22+/m0/s1. The third kappa shape index (κ3) is 6.47. The molecule has 0 N–H and O–H groups in total. The summed E-state index contributed by atoms with van der Waals surface area (Å²) in [4.78, 5) is 41.8. The highest BCUT2D eigenvalue weighted by molar-refractivity contribution is 6.01. The van der Waals surface area contributed by atoms with E-state index in [0.29, 0.717) is 12.6 Å². The van der Waals surface area contributed by atoms with Crippen molar-refractivity contribution in [1.82, 2.24) is 0 Å². The maximum atomic E-state index is 13.4. The normalized spacial score (nSPS) is 23.0. The predicted molar refractivity (Wildman–Crippen MR) is 125 cm³/mol. The number of esters is 2. The minimum absolute atomic E-state index is 0.210. The monoisotopic (exact) mass is 460 g/mol. The molecule has 8 heteroatoms. The van der Waals surface area contributed by atoms with Crippen LogP contribution in [0.25, 0.3) is 0 Å². The SMILES string of the molecule is CC(=O)O[C@@H](C(=O)OC(C)(C)C)[C@H]1OCCN(c2cccc(N3CCCCC[C@@H]3C)c2)C1=O. The number of amides is 1. The molecule has 0 bridgehead atoms. The van der Waals surface area contributed by atoms with Crippen molar-refractivity contribution in [3.05, 3.63) is 24.3 Å². The van der Waals surface area contributed by atoms with Gasteiger partial charge in [-0.15, -0.1) is 0 Å². The third-order valence-electron chi connectivity index (χ3n) is 5.85. The number of carbonyl (C=O) groups is 3. The Kier molecular flexibility index (Phi) is 8.00. The summed E-state index contributed by atoms with van der Waals surface area (Å²) >= 11 is 0. The molecule has 0 aliphatic carbocycles. The molecular formula is C25H36N2O6. The first-order valence-electron chi connectivity index (χ1n) is 11.8. The zero-order chi connectivity index (χ0) is 24.2. The number of nitrogens with zero attached hydrogens (tertiary/aromatic N) is 2. The smallest absolute Gasteiger partial charge is 0.351 e. The van der Waals surface area contributed by atoms with Gasteiger partial charge in [-0.25, -0.2) is 4.79 Å². The van der Waals surface area contributed by atoms with Gasteiger partial charge in [0.2, 0.25) is 6.10 Å². The Hall–Kier alpha value is -2.61. The van der Waals surface area contributed by atoms with Crippen molar-refractivity contribution in [2.75, 3.05) is 29.5 Å². The number of hydrogen-bond acceptors (Lipinski definition) is 7. The molecule has 1 amide bonds. The second-order valence-corrected chi connectivity index (χ2v) is 9.76. The molecule has 1 aromatic carbocycles. The summed E-state index contributed by atoms with van der Waals surface area (Å²) in [5, 5.41) is 0. The van der Waals surface area contributed by atoms with Crippen molar-refractivity contribution in [3.63, 3.8) is 0 Å². The minimum Gasteiger partial charge on any atom is -0.457 e. The Morgan fingerprint density at radius 3 is 2.55 bits per heavy atom. The van der Waals surface area contributed by atoms with E-state index in [1.165, 1.54) is 19.8 Å². The molecule has 3 rings (SSSR count). The van der Waals surface area contributed by atoms with Crippen molar-refractivity contribution in [2.45, 2.75) is 84.2 Å².